The molecule has 0 radical (unpaired) electrons. The summed E-state index contributed by atoms with van der Waals surface area (Å²) in [6.45, 7) is 10.3. The van der Waals surface area contributed by atoms with Crippen molar-refractivity contribution >= 4 is 10.0 Å². The molecule has 0 aromatic carbocycles. The van der Waals surface area contributed by atoms with Gasteiger partial charge in [0.1, 0.15) is 0 Å². The number of piperidine rings is 1. The standard InChI is InChI=1S/C13H26N2O3S/c1-12(2)9-15(10-13(3,4)18-12)19(16,17)11-5-7-14-8-6-11/h11,14H,5-10H2,1-4H3. The third-order valence-electron chi connectivity index (χ3n) is 3.73. The van der Waals surface area contributed by atoms with Gasteiger partial charge in [0.25, 0.3) is 0 Å². The smallest absolute Gasteiger partial charge is 0.217 e. The first-order valence-electron chi connectivity index (χ1n) is 7.02. The van der Waals surface area contributed by atoms with Gasteiger partial charge in [-0.1, -0.05) is 0 Å². The maximum Gasteiger partial charge on any atom is 0.217 e. The molecule has 0 spiro atoms. The molecule has 0 aliphatic carbocycles. The molecule has 2 rings (SSSR count). The normalized spacial score (nSPS) is 29.3. The molecule has 0 saturated carbocycles. The van der Waals surface area contributed by atoms with E-state index in [4.69, 9.17) is 4.74 Å². The van der Waals surface area contributed by atoms with Gasteiger partial charge in [0.05, 0.1) is 16.5 Å². The predicted octanol–water partition coefficient (Wildman–Crippen LogP) is 0.958. The third kappa shape index (κ3) is 3.48. The Hall–Kier alpha value is -0.170. The average molecular weight is 290 g/mol. The lowest BCUT2D eigenvalue weighted by atomic mass is 10.0. The van der Waals surface area contributed by atoms with Crippen LogP contribution in [0.2, 0.25) is 0 Å². The number of rotatable bonds is 2. The zero-order valence-electron chi connectivity index (χ0n) is 12.4. The quantitative estimate of drug-likeness (QED) is 0.823. The first-order chi connectivity index (χ1) is 8.62. The van der Waals surface area contributed by atoms with Crippen molar-refractivity contribution in [3.05, 3.63) is 0 Å². The summed E-state index contributed by atoms with van der Waals surface area (Å²) in [6, 6.07) is 0. The van der Waals surface area contributed by atoms with Crippen molar-refractivity contribution in [2.75, 3.05) is 26.2 Å². The van der Waals surface area contributed by atoms with Gasteiger partial charge in [0.15, 0.2) is 0 Å². The van der Waals surface area contributed by atoms with Crippen molar-refractivity contribution in [3.63, 3.8) is 0 Å². The van der Waals surface area contributed by atoms with Crippen molar-refractivity contribution in [1.82, 2.24) is 9.62 Å². The van der Waals surface area contributed by atoms with Gasteiger partial charge in [0.2, 0.25) is 10.0 Å². The SMILES string of the molecule is CC1(C)CN(S(=O)(=O)C2CCNCC2)CC(C)(C)O1. The summed E-state index contributed by atoms with van der Waals surface area (Å²) in [5, 5.41) is 2.98. The lowest BCUT2D eigenvalue weighted by Crippen LogP contribution is -2.60. The van der Waals surface area contributed by atoms with Crippen LogP contribution in [0.15, 0.2) is 0 Å². The fraction of sp³-hybridized carbons (Fsp3) is 1.00. The molecule has 2 aliphatic heterocycles. The van der Waals surface area contributed by atoms with Crippen molar-refractivity contribution in [2.24, 2.45) is 0 Å². The fourth-order valence-corrected chi connectivity index (χ4v) is 5.44. The fourth-order valence-electron chi connectivity index (χ4n) is 3.20. The zero-order chi connectivity index (χ0) is 14.3. The molecule has 0 unspecified atom stereocenters. The monoisotopic (exact) mass is 290 g/mol. The van der Waals surface area contributed by atoms with E-state index in [0.717, 1.165) is 13.1 Å². The van der Waals surface area contributed by atoms with Crippen molar-refractivity contribution in [2.45, 2.75) is 57.0 Å². The summed E-state index contributed by atoms with van der Waals surface area (Å²) in [5.74, 6) is 0. The maximum atomic E-state index is 12.8. The number of morpholine rings is 1. The molecule has 6 heteroatoms. The van der Waals surface area contributed by atoms with Gasteiger partial charge in [0, 0.05) is 13.1 Å². The Balaban J connectivity index is 2.19. The van der Waals surface area contributed by atoms with Crippen LogP contribution in [-0.4, -0.2) is 55.4 Å². The second-order valence-corrected chi connectivity index (χ2v) is 9.10. The van der Waals surface area contributed by atoms with Crippen LogP contribution in [0.4, 0.5) is 0 Å². The van der Waals surface area contributed by atoms with Gasteiger partial charge in [-0.3, -0.25) is 0 Å². The van der Waals surface area contributed by atoms with Gasteiger partial charge in [-0.05, 0) is 53.6 Å². The van der Waals surface area contributed by atoms with E-state index in [9.17, 15) is 8.42 Å². The molecule has 0 aromatic heterocycles. The van der Waals surface area contributed by atoms with Gasteiger partial charge in [-0.15, -0.1) is 0 Å². The van der Waals surface area contributed by atoms with Gasteiger partial charge < -0.3 is 10.1 Å². The molecular weight excluding hydrogens is 264 g/mol. The average Bonchev–Trinajstić information content (AvgIpc) is 2.26. The zero-order valence-corrected chi connectivity index (χ0v) is 13.2. The van der Waals surface area contributed by atoms with Crippen LogP contribution in [-0.2, 0) is 14.8 Å². The molecule has 112 valence electrons. The Labute approximate surface area is 116 Å². The van der Waals surface area contributed by atoms with Crippen LogP contribution in [0.1, 0.15) is 40.5 Å². The molecule has 2 saturated heterocycles. The van der Waals surface area contributed by atoms with Crippen LogP contribution >= 0.6 is 0 Å². The van der Waals surface area contributed by atoms with E-state index in [0.29, 0.717) is 25.9 Å². The van der Waals surface area contributed by atoms with E-state index < -0.39 is 21.2 Å². The highest BCUT2D eigenvalue weighted by Crippen LogP contribution is 2.31. The highest BCUT2D eigenvalue weighted by atomic mass is 32.2. The van der Waals surface area contributed by atoms with Crippen molar-refractivity contribution in [3.8, 4) is 0 Å². The second-order valence-electron chi connectivity index (χ2n) is 6.88. The minimum Gasteiger partial charge on any atom is -0.367 e. The number of sulfonamides is 1. The number of nitrogens with one attached hydrogen (secondary N) is 1. The second kappa shape index (κ2) is 4.98. The molecule has 2 heterocycles. The molecule has 2 aliphatic rings. The molecule has 0 bridgehead atoms. The van der Waals surface area contributed by atoms with Crippen LogP contribution in [0.5, 0.6) is 0 Å². The minimum atomic E-state index is -3.21. The topological polar surface area (TPSA) is 58.6 Å². The first kappa shape index (κ1) is 15.2. The van der Waals surface area contributed by atoms with Gasteiger partial charge >= 0.3 is 0 Å². The molecule has 5 nitrogen and oxygen atoms in total. The summed E-state index contributed by atoms with van der Waals surface area (Å²) in [6.07, 6.45) is 1.42. The van der Waals surface area contributed by atoms with E-state index in [1.807, 2.05) is 27.7 Å². The number of ether oxygens (including phenoxy) is 1. The lowest BCUT2D eigenvalue weighted by molar-refractivity contribution is -0.164. The molecule has 19 heavy (non-hydrogen) atoms. The molecule has 0 aromatic rings. The predicted molar refractivity (Wildman–Crippen MR) is 75.6 cm³/mol. The molecule has 2 fully saturated rings. The number of hydrogen-bond acceptors (Lipinski definition) is 4. The molecule has 1 N–H and O–H groups in total. The summed E-state index contributed by atoms with van der Waals surface area (Å²) >= 11 is 0. The van der Waals surface area contributed by atoms with Crippen LogP contribution < -0.4 is 5.32 Å². The van der Waals surface area contributed by atoms with Crippen molar-refractivity contribution in [1.29, 1.82) is 0 Å². The van der Waals surface area contributed by atoms with Gasteiger partial charge in [-0.2, -0.15) is 4.31 Å². The number of hydrogen-bond donors (Lipinski definition) is 1. The Bertz CT molecular complexity index is 409. The highest BCUT2D eigenvalue weighted by Gasteiger charge is 2.44. The number of nitrogens with zero attached hydrogens (tertiary/aromatic N) is 1. The molecule has 0 amide bonds. The van der Waals surface area contributed by atoms with Crippen molar-refractivity contribution < 1.29 is 13.2 Å². The third-order valence-corrected chi connectivity index (χ3v) is 6.03. The van der Waals surface area contributed by atoms with E-state index in [1.54, 1.807) is 4.31 Å². The van der Waals surface area contributed by atoms with E-state index >= 15 is 0 Å². The lowest BCUT2D eigenvalue weighted by Gasteiger charge is -2.47. The molecule has 0 atom stereocenters. The summed E-state index contributed by atoms with van der Waals surface area (Å²) < 4.78 is 33.1. The maximum absolute atomic E-state index is 12.8. The first-order valence-corrected chi connectivity index (χ1v) is 8.53. The summed E-state index contributed by atoms with van der Waals surface area (Å²) in [5.41, 5.74) is -0.858. The van der Waals surface area contributed by atoms with E-state index in [1.165, 1.54) is 0 Å². The van der Waals surface area contributed by atoms with E-state index in [2.05, 4.69) is 5.32 Å². The Morgan fingerprint density at radius 1 is 1.05 bits per heavy atom. The van der Waals surface area contributed by atoms with E-state index in [-0.39, 0.29) is 5.25 Å². The largest absolute Gasteiger partial charge is 0.367 e. The Morgan fingerprint density at radius 3 is 2.00 bits per heavy atom. The summed E-state index contributed by atoms with van der Waals surface area (Å²) in [4.78, 5) is 0. The summed E-state index contributed by atoms with van der Waals surface area (Å²) in [7, 11) is -3.21. The highest BCUT2D eigenvalue weighted by molar-refractivity contribution is 7.89. The molecular formula is C13H26N2O3S. The minimum absolute atomic E-state index is 0.238. The van der Waals surface area contributed by atoms with Crippen LogP contribution in [0.3, 0.4) is 0 Å². The Morgan fingerprint density at radius 2 is 1.53 bits per heavy atom. The van der Waals surface area contributed by atoms with Crippen LogP contribution in [0.25, 0.3) is 0 Å². The van der Waals surface area contributed by atoms with Crippen LogP contribution in [0, 0.1) is 0 Å². The Kier molecular flexibility index (Phi) is 3.99. The van der Waals surface area contributed by atoms with Gasteiger partial charge in [-0.25, -0.2) is 8.42 Å².